The average Bonchev–Trinajstić information content (AvgIpc) is 2.06. The Morgan fingerprint density at radius 2 is 2.09 bits per heavy atom. The largest absolute Gasteiger partial charge is 0.123 e. The summed E-state index contributed by atoms with van der Waals surface area (Å²) in [6.07, 6.45) is 9.80. The van der Waals surface area contributed by atoms with Gasteiger partial charge >= 0.3 is 0 Å². The van der Waals surface area contributed by atoms with E-state index in [1.54, 1.807) is 5.92 Å². The van der Waals surface area contributed by atoms with Crippen molar-refractivity contribution in [3.05, 3.63) is 12.3 Å². The van der Waals surface area contributed by atoms with Crippen LogP contribution in [-0.2, 0) is 0 Å². The van der Waals surface area contributed by atoms with Crippen LogP contribution in [0.2, 0.25) is 0 Å². The highest BCUT2D eigenvalue weighted by Crippen LogP contribution is 2.30. The van der Waals surface area contributed by atoms with E-state index in [4.69, 9.17) is 11.6 Å². The maximum Gasteiger partial charge on any atom is 0.0338 e. The quantitative estimate of drug-likeness (QED) is 0.569. The van der Waals surface area contributed by atoms with Crippen molar-refractivity contribution >= 4 is 11.6 Å². The summed E-state index contributed by atoms with van der Waals surface area (Å²) in [5.41, 5.74) is 0. The molecule has 0 aromatic rings. The second-order valence-corrected chi connectivity index (χ2v) is 3.94. The zero-order valence-electron chi connectivity index (χ0n) is 7.28. The number of halogens is 1. The molecule has 1 aliphatic rings. The normalized spacial score (nSPS) is 23.5. The predicted molar refractivity (Wildman–Crippen MR) is 50.6 cm³/mol. The molecule has 1 heteroatoms. The zero-order chi connectivity index (χ0) is 8.10. The summed E-state index contributed by atoms with van der Waals surface area (Å²) < 4.78 is 0. The van der Waals surface area contributed by atoms with Gasteiger partial charge in [-0.15, -0.1) is 11.6 Å². The summed E-state index contributed by atoms with van der Waals surface area (Å²) in [4.78, 5) is 0. The summed E-state index contributed by atoms with van der Waals surface area (Å²) in [6, 6.07) is 0. The molecule has 0 bridgehead atoms. The molecule has 0 aromatic heterocycles. The highest BCUT2D eigenvalue weighted by atomic mass is 35.5. The van der Waals surface area contributed by atoms with E-state index in [1.165, 1.54) is 25.7 Å². The third-order valence-corrected chi connectivity index (χ3v) is 2.82. The van der Waals surface area contributed by atoms with Crippen LogP contribution in [0.25, 0.3) is 0 Å². The van der Waals surface area contributed by atoms with Crippen molar-refractivity contribution in [2.45, 2.75) is 50.8 Å². The molecule has 0 amide bonds. The first kappa shape index (κ1) is 9.38. The second kappa shape index (κ2) is 5.03. The Hall–Kier alpha value is 0.290. The number of rotatable bonds is 3. The molecule has 0 aliphatic heterocycles. The first-order valence-electron chi connectivity index (χ1n) is 4.62. The van der Waals surface area contributed by atoms with E-state index in [1.807, 2.05) is 0 Å². The van der Waals surface area contributed by atoms with Crippen molar-refractivity contribution in [1.82, 2.24) is 0 Å². The fraction of sp³-hybridized carbons (Fsp3) is 0.800. The third-order valence-electron chi connectivity index (χ3n) is 2.36. The van der Waals surface area contributed by atoms with Gasteiger partial charge in [-0.05, 0) is 50.9 Å². The lowest BCUT2D eigenvalue weighted by Crippen LogP contribution is -2.09. The molecule has 0 spiro atoms. The Labute approximate surface area is 75.3 Å². The van der Waals surface area contributed by atoms with Crippen LogP contribution in [-0.4, -0.2) is 5.38 Å². The van der Waals surface area contributed by atoms with Gasteiger partial charge in [-0.1, -0.05) is 6.92 Å². The van der Waals surface area contributed by atoms with Crippen LogP contribution in [0.3, 0.4) is 0 Å². The number of hydrogen-bond donors (Lipinski definition) is 0. The minimum absolute atomic E-state index is 0.392. The monoisotopic (exact) mass is 172 g/mol. The standard InChI is InChI=1S/C10H17Cl/c1-2-10(11)8-9-6-4-3-5-7-9/h3,10H,2,4-8H2,1H3. The van der Waals surface area contributed by atoms with Gasteiger partial charge in [0.15, 0.2) is 0 Å². The molecule has 0 saturated heterocycles. The fourth-order valence-corrected chi connectivity index (χ4v) is 1.76. The van der Waals surface area contributed by atoms with Gasteiger partial charge in [-0.2, -0.15) is 0 Å². The van der Waals surface area contributed by atoms with Crippen LogP contribution in [0, 0.1) is 12.3 Å². The summed E-state index contributed by atoms with van der Waals surface area (Å²) in [5.74, 6) is 1.69. The maximum absolute atomic E-state index is 6.07. The van der Waals surface area contributed by atoms with E-state index in [0.29, 0.717) is 5.38 Å². The summed E-state index contributed by atoms with van der Waals surface area (Å²) in [6.45, 7) is 2.16. The smallest absolute Gasteiger partial charge is 0.0338 e. The average molecular weight is 173 g/mol. The Bertz CT molecular complexity index is 95.0. The van der Waals surface area contributed by atoms with E-state index < -0.39 is 0 Å². The summed E-state index contributed by atoms with van der Waals surface area (Å²) in [5, 5.41) is 0.392. The van der Waals surface area contributed by atoms with Gasteiger partial charge in [0.05, 0.1) is 0 Å². The molecule has 64 valence electrons. The number of alkyl halides is 1. The minimum Gasteiger partial charge on any atom is -0.123 e. The highest BCUT2D eigenvalue weighted by Gasteiger charge is 2.16. The number of hydrogen-bond acceptors (Lipinski definition) is 0. The van der Waals surface area contributed by atoms with E-state index in [0.717, 1.165) is 12.8 Å². The van der Waals surface area contributed by atoms with Crippen molar-refractivity contribution in [3.63, 3.8) is 0 Å². The van der Waals surface area contributed by atoms with Crippen LogP contribution >= 0.6 is 11.6 Å². The molecule has 0 aromatic carbocycles. The Balaban J connectivity index is 2.13. The molecular formula is C10H17Cl. The van der Waals surface area contributed by atoms with Crippen LogP contribution in [0.5, 0.6) is 0 Å². The van der Waals surface area contributed by atoms with Crippen molar-refractivity contribution in [2.75, 3.05) is 0 Å². The third kappa shape index (κ3) is 3.46. The summed E-state index contributed by atoms with van der Waals surface area (Å²) in [7, 11) is 0. The summed E-state index contributed by atoms with van der Waals surface area (Å²) >= 11 is 6.07. The van der Waals surface area contributed by atoms with E-state index in [-0.39, 0.29) is 0 Å². The van der Waals surface area contributed by atoms with Crippen molar-refractivity contribution in [2.24, 2.45) is 0 Å². The first-order chi connectivity index (χ1) is 5.33. The topological polar surface area (TPSA) is 0 Å². The minimum atomic E-state index is 0.392. The van der Waals surface area contributed by atoms with Crippen LogP contribution in [0.15, 0.2) is 0 Å². The van der Waals surface area contributed by atoms with Crippen LogP contribution < -0.4 is 0 Å². The maximum atomic E-state index is 6.07. The molecule has 1 atom stereocenters. The molecule has 2 radical (unpaired) electrons. The van der Waals surface area contributed by atoms with Crippen LogP contribution in [0.4, 0.5) is 0 Å². The van der Waals surface area contributed by atoms with E-state index >= 15 is 0 Å². The van der Waals surface area contributed by atoms with E-state index in [2.05, 4.69) is 13.3 Å². The van der Waals surface area contributed by atoms with Gasteiger partial charge in [0.25, 0.3) is 0 Å². The first-order valence-corrected chi connectivity index (χ1v) is 5.06. The van der Waals surface area contributed by atoms with Crippen molar-refractivity contribution < 1.29 is 0 Å². The zero-order valence-corrected chi connectivity index (χ0v) is 8.03. The lowest BCUT2D eigenvalue weighted by atomic mass is 9.86. The Kier molecular flexibility index (Phi) is 4.29. The SMILES string of the molecule is CCC(Cl)C[C]1CC[CH]CC1. The molecular weight excluding hydrogens is 156 g/mol. The van der Waals surface area contributed by atoms with Gasteiger partial charge < -0.3 is 0 Å². The Morgan fingerprint density at radius 3 is 2.64 bits per heavy atom. The molecule has 1 fully saturated rings. The van der Waals surface area contributed by atoms with Crippen LogP contribution in [0.1, 0.15) is 45.4 Å². The molecule has 0 heterocycles. The van der Waals surface area contributed by atoms with E-state index in [9.17, 15) is 0 Å². The molecule has 11 heavy (non-hydrogen) atoms. The Morgan fingerprint density at radius 1 is 1.45 bits per heavy atom. The molecule has 1 rings (SSSR count). The molecule has 0 nitrogen and oxygen atoms in total. The fourth-order valence-electron chi connectivity index (χ4n) is 1.54. The molecule has 1 unspecified atom stereocenters. The highest BCUT2D eigenvalue weighted by molar-refractivity contribution is 6.20. The molecule has 1 saturated carbocycles. The predicted octanol–water partition coefficient (Wildman–Crippen LogP) is 3.75. The van der Waals surface area contributed by atoms with Crippen molar-refractivity contribution in [1.29, 1.82) is 0 Å². The molecule has 1 aliphatic carbocycles. The van der Waals surface area contributed by atoms with Crippen molar-refractivity contribution in [3.8, 4) is 0 Å². The van der Waals surface area contributed by atoms with Gasteiger partial charge in [0, 0.05) is 5.38 Å². The van der Waals surface area contributed by atoms with Gasteiger partial charge in [0.1, 0.15) is 0 Å². The second-order valence-electron chi connectivity index (χ2n) is 3.33. The van der Waals surface area contributed by atoms with Gasteiger partial charge in [-0.3, -0.25) is 0 Å². The van der Waals surface area contributed by atoms with Gasteiger partial charge in [0.2, 0.25) is 0 Å². The van der Waals surface area contributed by atoms with Gasteiger partial charge in [-0.25, -0.2) is 0 Å². The molecule has 0 N–H and O–H groups in total. The lowest BCUT2D eigenvalue weighted by Gasteiger charge is -2.22. The lowest BCUT2D eigenvalue weighted by molar-refractivity contribution is 0.564.